The van der Waals surface area contributed by atoms with Gasteiger partial charge in [-0.1, -0.05) is 12.8 Å². The Morgan fingerprint density at radius 1 is 1.10 bits per heavy atom. The number of carbonyl (C=O) groups excluding carboxylic acids is 2. The van der Waals surface area contributed by atoms with Crippen LogP contribution in [0.2, 0.25) is 0 Å². The molecule has 2 aliphatic heterocycles. The van der Waals surface area contributed by atoms with Gasteiger partial charge in [0.1, 0.15) is 6.04 Å². The molecule has 2 saturated heterocycles. The fraction of sp³-hybridized carbons (Fsp3) is 0.800. The fourth-order valence-electron chi connectivity index (χ4n) is 4.20. The number of hydrogen-bond acceptors (Lipinski definition) is 4. The lowest BCUT2D eigenvalue weighted by Crippen LogP contribution is -2.46. The smallest absolute Gasteiger partial charge is 0.320 e. The summed E-state index contributed by atoms with van der Waals surface area (Å²) in [5.74, 6) is -0.550. The number of aliphatic carboxylic acids is 1. The molecule has 2 amide bonds. The summed E-state index contributed by atoms with van der Waals surface area (Å²) < 4.78 is 0. The van der Waals surface area contributed by atoms with Gasteiger partial charge in [-0.2, -0.15) is 0 Å². The first kappa shape index (κ1) is 14.5. The van der Waals surface area contributed by atoms with Gasteiger partial charge in [-0.25, -0.2) is 0 Å². The summed E-state index contributed by atoms with van der Waals surface area (Å²) in [5.41, 5.74) is 0. The van der Waals surface area contributed by atoms with Crippen molar-refractivity contribution in [3.05, 3.63) is 0 Å². The quantitative estimate of drug-likeness (QED) is 0.778. The van der Waals surface area contributed by atoms with Crippen LogP contribution < -0.4 is 0 Å². The monoisotopic (exact) mass is 294 g/mol. The number of nitrogens with zero attached hydrogens (tertiary/aromatic N) is 2. The molecule has 0 aromatic heterocycles. The molecule has 0 spiro atoms. The number of likely N-dealkylation sites (tertiary alicyclic amines) is 2. The third kappa shape index (κ3) is 2.69. The average Bonchev–Trinajstić information content (AvgIpc) is 2.98. The predicted octanol–water partition coefficient (Wildman–Crippen LogP) is 0.853. The molecule has 1 N–H and O–H groups in total. The minimum absolute atomic E-state index is 0.119. The molecule has 6 heteroatoms. The molecule has 1 saturated carbocycles. The van der Waals surface area contributed by atoms with E-state index in [1.807, 2.05) is 4.90 Å². The van der Waals surface area contributed by atoms with E-state index in [1.54, 1.807) is 0 Å². The highest BCUT2D eigenvalue weighted by molar-refractivity contribution is 6.01. The Kier molecular flexibility index (Phi) is 3.97. The summed E-state index contributed by atoms with van der Waals surface area (Å²) >= 11 is 0. The normalized spacial score (nSPS) is 33.5. The lowest BCUT2D eigenvalue weighted by atomic mass is 9.85. The molecule has 3 unspecified atom stereocenters. The molecule has 6 nitrogen and oxygen atoms in total. The van der Waals surface area contributed by atoms with Gasteiger partial charge in [0.2, 0.25) is 11.8 Å². The Labute approximate surface area is 124 Å². The van der Waals surface area contributed by atoms with Crippen molar-refractivity contribution in [2.75, 3.05) is 13.1 Å². The number of carboxylic acid groups (broad SMARTS) is 1. The van der Waals surface area contributed by atoms with Crippen molar-refractivity contribution in [2.45, 2.75) is 57.0 Å². The van der Waals surface area contributed by atoms with Gasteiger partial charge in [-0.15, -0.1) is 0 Å². The first-order chi connectivity index (χ1) is 10.1. The van der Waals surface area contributed by atoms with E-state index in [9.17, 15) is 19.5 Å². The van der Waals surface area contributed by atoms with Crippen LogP contribution in [0.3, 0.4) is 0 Å². The summed E-state index contributed by atoms with van der Waals surface area (Å²) in [5, 5.41) is 9.44. The van der Waals surface area contributed by atoms with Crippen LogP contribution in [0.1, 0.15) is 44.9 Å². The largest absolute Gasteiger partial charge is 0.480 e. The summed E-state index contributed by atoms with van der Waals surface area (Å²) in [7, 11) is 0. The summed E-state index contributed by atoms with van der Waals surface area (Å²) in [6.07, 6.45) is 5.78. The molecule has 0 bridgehead atoms. The van der Waals surface area contributed by atoms with Gasteiger partial charge in [-0.3, -0.25) is 24.2 Å². The zero-order chi connectivity index (χ0) is 15.0. The van der Waals surface area contributed by atoms with Crippen LogP contribution >= 0.6 is 0 Å². The molecule has 116 valence electrons. The molecular formula is C15H22N2O4. The fourth-order valence-corrected chi connectivity index (χ4v) is 4.20. The van der Waals surface area contributed by atoms with Crippen LogP contribution in [0.15, 0.2) is 0 Å². The van der Waals surface area contributed by atoms with E-state index in [1.165, 1.54) is 11.3 Å². The van der Waals surface area contributed by atoms with Crippen molar-refractivity contribution in [1.82, 2.24) is 9.80 Å². The second-order valence-electron chi connectivity index (χ2n) is 6.38. The van der Waals surface area contributed by atoms with E-state index in [0.717, 1.165) is 19.3 Å². The van der Waals surface area contributed by atoms with Crippen LogP contribution in [-0.2, 0) is 14.4 Å². The van der Waals surface area contributed by atoms with Crippen molar-refractivity contribution in [2.24, 2.45) is 5.92 Å². The third-order valence-corrected chi connectivity index (χ3v) is 5.24. The topological polar surface area (TPSA) is 77.9 Å². The zero-order valence-corrected chi connectivity index (χ0v) is 12.2. The van der Waals surface area contributed by atoms with Crippen LogP contribution in [0.4, 0.5) is 0 Å². The van der Waals surface area contributed by atoms with Crippen molar-refractivity contribution in [1.29, 1.82) is 0 Å². The second kappa shape index (κ2) is 5.75. The van der Waals surface area contributed by atoms with Gasteiger partial charge in [0.25, 0.3) is 0 Å². The van der Waals surface area contributed by atoms with Gasteiger partial charge < -0.3 is 5.11 Å². The Balaban J connectivity index is 1.67. The number of fused-ring (bicyclic) bond motifs is 1. The number of hydrogen-bond donors (Lipinski definition) is 1. The van der Waals surface area contributed by atoms with Crippen molar-refractivity contribution >= 4 is 17.8 Å². The summed E-state index contributed by atoms with van der Waals surface area (Å²) in [6, 6.07) is -0.140. The number of imide groups is 1. The van der Waals surface area contributed by atoms with E-state index in [-0.39, 0.29) is 11.8 Å². The average molecular weight is 294 g/mol. The third-order valence-electron chi connectivity index (χ3n) is 5.24. The maximum absolute atomic E-state index is 11.7. The van der Waals surface area contributed by atoms with Crippen LogP contribution in [0.25, 0.3) is 0 Å². The van der Waals surface area contributed by atoms with Crippen molar-refractivity contribution in [3.8, 4) is 0 Å². The Morgan fingerprint density at radius 3 is 2.43 bits per heavy atom. The van der Waals surface area contributed by atoms with Gasteiger partial charge in [-0.05, 0) is 25.2 Å². The van der Waals surface area contributed by atoms with Gasteiger partial charge >= 0.3 is 5.97 Å². The molecule has 3 fully saturated rings. The molecule has 1 aliphatic carbocycles. The van der Waals surface area contributed by atoms with Crippen LogP contribution in [0.5, 0.6) is 0 Å². The zero-order valence-electron chi connectivity index (χ0n) is 12.2. The Morgan fingerprint density at radius 2 is 1.76 bits per heavy atom. The first-order valence-electron chi connectivity index (χ1n) is 7.89. The lowest BCUT2D eigenvalue weighted by Gasteiger charge is -2.33. The molecular weight excluding hydrogens is 272 g/mol. The predicted molar refractivity (Wildman–Crippen MR) is 74.4 cm³/mol. The van der Waals surface area contributed by atoms with Gasteiger partial charge in [0.15, 0.2) is 0 Å². The molecule has 2 heterocycles. The number of carboxylic acids is 1. The first-order valence-corrected chi connectivity index (χ1v) is 7.89. The summed E-state index contributed by atoms with van der Waals surface area (Å²) in [4.78, 5) is 38.1. The maximum Gasteiger partial charge on any atom is 0.320 e. The molecule has 3 rings (SSSR count). The molecule has 0 radical (unpaired) electrons. The molecule has 0 aromatic rings. The maximum atomic E-state index is 11.7. The highest BCUT2D eigenvalue weighted by atomic mass is 16.4. The van der Waals surface area contributed by atoms with E-state index in [4.69, 9.17) is 0 Å². The Hall–Kier alpha value is -1.43. The van der Waals surface area contributed by atoms with E-state index >= 15 is 0 Å². The van der Waals surface area contributed by atoms with Crippen LogP contribution in [0, 0.1) is 5.92 Å². The van der Waals surface area contributed by atoms with Gasteiger partial charge in [0.05, 0.1) is 0 Å². The van der Waals surface area contributed by atoms with E-state index in [0.29, 0.717) is 44.3 Å². The highest BCUT2D eigenvalue weighted by Crippen LogP contribution is 2.39. The number of rotatable bonds is 4. The minimum atomic E-state index is -0.775. The van der Waals surface area contributed by atoms with Crippen molar-refractivity contribution in [3.63, 3.8) is 0 Å². The Bertz CT molecular complexity index is 449. The number of carbonyl (C=O) groups is 3. The number of amides is 2. The van der Waals surface area contributed by atoms with Gasteiger partial charge in [0, 0.05) is 32.0 Å². The van der Waals surface area contributed by atoms with E-state index < -0.39 is 12.0 Å². The SMILES string of the molecule is O=C(O)C1CC2CCCCC2N1CCN1C(=O)CCC1=O. The second-order valence-corrected chi connectivity index (χ2v) is 6.38. The van der Waals surface area contributed by atoms with E-state index in [2.05, 4.69) is 0 Å². The van der Waals surface area contributed by atoms with Crippen LogP contribution in [-0.4, -0.2) is 57.9 Å². The molecule has 3 atom stereocenters. The molecule has 21 heavy (non-hydrogen) atoms. The summed E-state index contributed by atoms with van der Waals surface area (Å²) in [6.45, 7) is 0.834. The highest BCUT2D eigenvalue weighted by Gasteiger charge is 2.45. The van der Waals surface area contributed by atoms with Crippen molar-refractivity contribution < 1.29 is 19.5 Å². The molecule has 0 aromatic carbocycles. The molecule has 3 aliphatic rings. The lowest BCUT2D eigenvalue weighted by molar-refractivity contribution is -0.142. The minimum Gasteiger partial charge on any atom is -0.480 e. The standard InChI is InChI=1S/C15H22N2O4/c18-13-5-6-14(19)17(13)8-7-16-11-4-2-1-3-10(11)9-12(16)15(20)21/h10-12H,1-9H2,(H,20,21).